The molecule has 0 radical (unpaired) electrons. The molecule has 0 saturated carbocycles. The Kier molecular flexibility index (Phi) is 5.51. The van der Waals surface area contributed by atoms with Gasteiger partial charge in [0.05, 0.1) is 27.8 Å². The lowest BCUT2D eigenvalue weighted by atomic mass is 10.3. The van der Waals surface area contributed by atoms with E-state index < -0.39 is 0 Å². The highest BCUT2D eigenvalue weighted by molar-refractivity contribution is 8.00. The minimum atomic E-state index is -0.367. The summed E-state index contributed by atoms with van der Waals surface area (Å²) in [6, 6.07) is 3.61. The monoisotopic (exact) mass is 357 g/mol. The molecule has 6 nitrogen and oxygen atoms in total. The van der Waals surface area contributed by atoms with E-state index in [4.69, 9.17) is 28.5 Å². The van der Waals surface area contributed by atoms with E-state index in [1.54, 1.807) is 30.6 Å². The lowest BCUT2D eigenvalue weighted by Crippen LogP contribution is -2.33. The number of halogens is 2. The lowest BCUT2D eigenvalue weighted by molar-refractivity contribution is -0.128. The smallest absolute Gasteiger partial charge is 0.235 e. The molecule has 116 valence electrons. The van der Waals surface area contributed by atoms with Crippen LogP contribution < -0.4 is 0 Å². The second-order valence-corrected chi connectivity index (χ2v) is 6.76. The molecule has 1 atom stereocenters. The van der Waals surface area contributed by atoms with Gasteiger partial charge in [-0.1, -0.05) is 35.0 Å². The normalized spacial score (nSPS) is 12.1. The van der Waals surface area contributed by atoms with Gasteiger partial charge < -0.3 is 4.90 Å². The summed E-state index contributed by atoms with van der Waals surface area (Å²) in [6.45, 7) is 2.18. The molecule has 0 unspecified atom stereocenters. The van der Waals surface area contributed by atoms with Crippen LogP contribution in [-0.2, 0) is 4.79 Å². The number of fused-ring (bicyclic) bond motifs is 1. The van der Waals surface area contributed by atoms with Gasteiger partial charge in [-0.2, -0.15) is 5.26 Å². The third kappa shape index (κ3) is 3.64. The Bertz CT molecular complexity index is 742. The molecule has 0 saturated heterocycles. The van der Waals surface area contributed by atoms with Crippen LogP contribution >= 0.6 is 35.0 Å². The van der Waals surface area contributed by atoms with Gasteiger partial charge >= 0.3 is 0 Å². The summed E-state index contributed by atoms with van der Waals surface area (Å²) in [5, 5.41) is 17.7. The largest absolute Gasteiger partial charge is 0.344 e. The summed E-state index contributed by atoms with van der Waals surface area (Å²) in [7, 11) is 1.67. The Morgan fingerprint density at radius 3 is 2.95 bits per heavy atom. The minimum absolute atomic E-state index is 0.0786. The fraction of sp³-hybridized carbons (Fsp3) is 0.385. The molecule has 0 bridgehead atoms. The summed E-state index contributed by atoms with van der Waals surface area (Å²) in [6.07, 6.45) is 1.96. The molecule has 2 heterocycles. The molecular formula is C13H13Cl2N5OS. The molecule has 1 amide bonds. The maximum Gasteiger partial charge on any atom is 0.235 e. The molecule has 9 heteroatoms. The van der Waals surface area contributed by atoms with Gasteiger partial charge in [0.2, 0.25) is 5.91 Å². The number of nitriles is 1. The molecule has 0 aliphatic carbocycles. The number of aromatic nitrogens is 3. The fourth-order valence-corrected chi connectivity index (χ4v) is 3.28. The Morgan fingerprint density at radius 2 is 2.27 bits per heavy atom. The van der Waals surface area contributed by atoms with E-state index in [0.717, 1.165) is 0 Å². The third-order valence-corrected chi connectivity index (χ3v) is 4.49. The molecule has 0 aromatic carbocycles. The van der Waals surface area contributed by atoms with Crippen molar-refractivity contribution in [3.8, 4) is 6.07 Å². The molecule has 0 fully saturated rings. The van der Waals surface area contributed by atoms with Gasteiger partial charge in [-0.05, 0) is 13.0 Å². The number of hydrogen-bond acceptors (Lipinski definition) is 5. The van der Waals surface area contributed by atoms with E-state index in [9.17, 15) is 4.79 Å². The molecule has 2 aromatic rings. The topological polar surface area (TPSA) is 74.3 Å². The molecular weight excluding hydrogens is 345 g/mol. The van der Waals surface area contributed by atoms with Crippen LogP contribution in [0.4, 0.5) is 0 Å². The highest BCUT2D eigenvalue weighted by atomic mass is 35.5. The average Bonchev–Trinajstić information content (AvgIpc) is 2.87. The van der Waals surface area contributed by atoms with Crippen molar-refractivity contribution in [2.24, 2.45) is 0 Å². The Hall–Kier alpha value is -1.49. The molecule has 0 N–H and O–H groups in total. The van der Waals surface area contributed by atoms with Gasteiger partial charge in [-0.15, -0.1) is 10.2 Å². The average molecular weight is 358 g/mol. The van der Waals surface area contributed by atoms with Gasteiger partial charge in [0.25, 0.3) is 0 Å². The van der Waals surface area contributed by atoms with Crippen molar-refractivity contribution in [3.63, 3.8) is 0 Å². The van der Waals surface area contributed by atoms with E-state index in [2.05, 4.69) is 10.2 Å². The Labute approximate surface area is 142 Å². The van der Waals surface area contributed by atoms with Crippen molar-refractivity contribution in [2.45, 2.75) is 23.8 Å². The summed E-state index contributed by atoms with van der Waals surface area (Å²) in [5.74, 6) is -0.0786. The number of amides is 1. The van der Waals surface area contributed by atoms with Gasteiger partial charge in [0, 0.05) is 19.8 Å². The van der Waals surface area contributed by atoms with Crippen LogP contribution in [0.5, 0.6) is 0 Å². The first-order valence-electron chi connectivity index (χ1n) is 6.42. The van der Waals surface area contributed by atoms with Crippen LogP contribution in [-0.4, -0.2) is 44.2 Å². The summed E-state index contributed by atoms with van der Waals surface area (Å²) in [4.78, 5) is 13.8. The second-order valence-electron chi connectivity index (χ2n) is 4.61. The van der Waals surface area contributed by atoms with Crippen molar-refractivity contribution in [3.05, 3.63) is 22.3 Å². The van der Waals surface area contributed by atoms with Crippen LogP contribution in [0.25, 0.3) is 5.65 Å². The number of pyridine rings is 1. The van der Waals surface area contributed by atoms with Crippen molar-refractivity contribution in [1.82, 2.24) is 19.5 Å². The van der Waals surface area contributed by atoms with E-state index in [-0.39, 0.29) is 11.2 Å². The number of hydrogen-bond donors (Lipinski definition) is 0. The lowest BCUT2D eigenvalue weighted by Gasteiger charge is -2.19. The molecule has 0 spiro atoms. The van der Waals surface area contributed by atoms with E-state index in [1.165, 1.54) is 16.7 Å². The van der Waals surface area contributed by atoms with Crippen molar-refractivity contribution < 1.29 is 4.79 Å². The van der Waals surface area contributed by atoms with Crippen molar-refractivity contribution in [2.75, 3.05) is 13.6 Å². The van der Waals surface area contributed by atoms with Gasteiger partial charge in [0.1, 0.15) is 0 Å². The quantitative estimate of drug-likeness (QED) is 0.769. The molecule has 2 aromatic heterocycles. The number of carbonyl (C=O) groups excluding carboxylic acids is 1. The van der Waals surface area contributed by atoms with E-state index >= 15 is 0 Å². The zero-order valence-corrected chi connectivity index (χ0v) is 14.3. The van der Waals surface area contributed by atoms with Crippen molar-refractivity contribution >= 4 is 46.5 Å². The SMILES string of the molecule is C[C@H](Sc1nnc2c(Cl)cc(Cl)cn12)C(=O)N(C)CCC#N. The fourth-order valence-electron chi connectivity index (χ4n) is 1.83. The van der Waals surface area contributed by atoms with E-state index in [1.807, 2.05) is 6.07 Å². The Morgan fingerprint density at radius 1 is 1.55 bits per heavy atom. The van der Waals surface area contributed by atoms with E-state index in [0.29, 0.717) is 33.8 Å². The first kappa shape index (κ1) is 16.9. The summed E-state index contributed by atoms with van der Waals surface area (Å²) < 4.78 is 1.66. The summed E-state index contributed by atoms with van der Waals surface area (Å²) in [5.41, 5.74) is 0.492. The van der Waals surface area contributed by atoms with Gasteiger partial charge in [-0.3, -0.25) is 9.20 Å². The van der Waals surface area contributed by atoms with Crippen LogP contribution in [0.2, 0.25) is 10.0 Å². The van der Waals surface area contributed by atoms with Crippen LogP contribution in [0, 0.1) is 11.3 Å². The second kappa shape index (κ2) is 7.18. The Balaban J connectivity index is 2.17. The molecule has 22 heavy (non-hydrogen) atoms. The number of nitrogens with zero attached hydrogens (tertiary/aromatic N) is 5. The predicted octanol–water partition coefficient (Wildman–Crippen LogP) is 2.89. The molecule has 0 aliphatic heterocycles. The van der Waals surface area contributed by atoms with Gasteiger partial charge in [0.15, 0.2) is 10.8 Å². The van der Waals surface area contributed by atoms with Crippen molar-refractivity contribution in [1.29, 1.82) is 5.26 Å². The molecule has 0 aliphatic rings. The summed E-state index contributed by atoms with van der Waals surface area (Å²) >= 11 is 13.3. The van der Waals surface area contributed by atoms with Crippen LogP contribution in [0.15, 0.2) is 17.4 Å². The maximum absolute atomic E-state index is 12.2. The van der Waals surface area contributed by atoms with Gasteiger partial charge in [-0.25, -0.2) is 0 Å². The van der Waals surface area contributed by atoms with Crippen LogP contribution in [0.3, 0.4) is 0 Å². The zero-order valence-electron chi connectivity index (χ0n) is 12.0. The zero-order chi connectivity index (χ0) is 16.3. The first-order chi connectivity index (χ1) is 10.4. The maximum atomic E-state index is 12.2. The highest BCUT2D eigenvalue weighted by Gasteiger charge is 2.21. The molecule has 2 rings (SSSR count). The number of rotatable bonds is 5. The number of thioether (sulfide) groups is 1. The first-order valence-corrected chi connectivity index (χ1v) is 8.06. The number of carbonyl (C=O) groups is 1. The third-order valence-electron chi connectivity index (χ3n) is 2.96. The predicted molar refractivity (Wildman–Crippen MR) is 86.2 cm³/mol. The minimum Gasteiger partial charge on any atom is -0.344 e. The standard InChI is InChI=1S/C13H13Cl2N5OS/c1-8(12(21)19(2)5-3-4-16)22-13-18-17-11-10(15)6-9(14)7-20(11)13/h6-8H,3,5H2,1-2H3/t8-/m0/s1. The van der Waals surface area contributed by atoms with Crippen LogP contribution in [0.1, 0.15) is 13.3 Å². The highest BCUT2D eigenvalue weighted by Crippen LogP contribution is 2.27.